The van der Waals surface area contributed by atoms with Gasteiger partial charge in [0.25, 0.3) is 5.56 Å². The minimum absolute atomic E-state index is 0.00156. The van der Waals surface area contributed by atoms with Gasteiger partial charge in [0.15, 0.2) is 5.16 Å². The van der Waals surface area contributed by atoms with Crippen LogP contribution < -0.4 is 10.9 Å². The summed E-state index contributed by atoms with van der Waals surface area (Å²) in [6.07, 6.45) is 4.33. The molecule has 1 amide bonds. The van der Waals surface area contributed by atoms with Crippen LogP contribution in [0.2, 0.25) is 0 Å². The predicted molar refractivity (Wildman–Crippen MR) is 117 cm³/mol. The van der Waals surface area contributed by atoms with Crippen molar-refractivity contribution in [3.63, 3.8) is 0 Å². The van der Waals surface area contributed by atoms with Gasteiger partial charge in [-0.2, -0.15) is 0 Å². The third-order valence-electron chi connectivity index (χ3n) is 5.14. The molecule has 1 N–H and O–H groups in total. The van der Waals surface area contributed by atoms with Crippen LogP contribution in [0.5, 0.6) is 0 Å². The van der Waals surface area contributed by atoms with E-state index < -0.39 is 0 Å². The van der Waals surface area contributed by atoms with Crippen molar-refractivity contribution >= 4 is 44.9 Å². The van der Waals surface area contributed by atoms with Crippen LogP contribution in [-0.4, -0.2) is 21.2 Å². The maximum Gasteiger partial charge on any atom is 0.262 e. The van der Waals surface area contributed by atoms with Crippen LogP contribution in [-0.2, 0) is 24.7 Å². The number of nitrogens with one attached hydrogen (secondary N) is 1. The minimum Gasteiger partial charge on any atom is -0.325 e. The van der Waals surface area contributed by atoms with E-state index in [0.717, 1.165) is 46.3 Å². The summed E-state index contributed by atoms with van der Waals surface area (Å²) in [5.41, 5.74) is 4.22. The first-order valence-corrected chi connectivity index (χ1v) is 11.3. The largest absolute Gasteiger partial charge is 0.325 e. The van der Waals surface area contributed by atoms with Crippen LogP contribution in [0.15, 0.2) is 28.2 Å². The molecule has 0 spiro atoms. The predicted octanol–water partition coefficient (Wildman–Crippen LogP) is 4.22. The Morgan fingerprint density at radius 2 is 2.07 bits per heavy atom. The van der Waals surface area contributed by atoms with Gasteiger partial charge in [0, 0.05) is 17.6 Å². The van der Waals surface area contributed by atoms with Gasteiger partial charge in [0.05, 0.1) is 11.1 Å². The quantitative estimate of drug-likeness (QED) is 0.514. The van der Waals surface area contributed by atoms with E-state index in [2.05, 4.69) is 5.32 Å². The zero-order valence-electron chi connectivity index (χ0n) is 16.3. The first-order chi connectivity index (χ1) is 13.4. The molecule has 0 saturated carbocycles. The highest BCUT2D eigenvalue weighted by Gasteiger charge is 2.21. The highest BCUT2D eigenvalue weighted by molar-refractivity contribution is 7.99. The molecule has 2 aromatic heterocycles. The standard InChI is InChI=1S/C21H23N3O2S2/c1-12-8-9-15(13(2)10-12)22-17(25)11-27-21-23-19-18(20(26)24(21)3)14-6-4-5-7-16(14)28-19/h8-10H,4-7,11H2,1-3H3,(H,22,25). The van der Waals surface area contributed by atoms with E-state index in [9.17, 15) is 9.59 Å². The first kappa shape index (κ1) is 19.2. The number of carbonyl (C=O) groups excluding carboxylic acids is 1. The number of hydrogen-bond donors (Lipinski definition) is 1. The molecule has 146 valence electrons. The number of anilines is 1. The van der Waals surface area contributed by atoms with Gasteiger partial charge in [-0.05, 0) is 56.7 Å². The van der Waals surface area contributed by atoms with E-state index in [0.29, 0.717) is 5.16 Å². The fraction of sp³-hybridized carbons (Fsp3) is 0.381. The molecule has 28 heavy (non-hydrogen) atoms. The van der Waals surface area contributed by atoms with Crippen molar-refractivity contribution in [2.45, 2.75) is 44.7 Å². The van der Waals surface area contributed by atoms with Gasteiger partial charge in [0.1, 0.15) is 4.83 Å². The van der Waals surface area contributed by atoms with Crippen molar-refractivity contribution in [3.05, 3.63) is 50.1 Å². The SMILES string of the molecule is Cc1ccc(NC(=O)CSc2nc3sc4c(c3c(=O)n2C)CCCC4)c(C)c1. The van der Waals surface area contributed by atoms with Gasteiger partial charge < -0.3 is 5.32 Å². The molecule has 0 saturated heterocycles. The van der Waals surface area contributed by atoms with Gasteiger partial charge in [0.2, 0.25) is 5.91 Å². The van der Waals surface area contributed by atoms with Gasteiger partial charge in [-0.1, -0.05) is 29.5 Å². The lowest BCUT2D eigenvalue weighted by Crippen LogP contribution is -2.22. The van der Waals surface area contributed by atoms with Gasteiger partial charge in [-0.25, -0.2) is 4.98 Å². The molecule has 3 aromatic rings. The van der Waals surface area contributed by atoms with Crippen LogP contribution in [0.3, 0.4) is 0 Å². The third kappa shape index (κ3) is 3.61. The number of aryl methyl sites for hydroxylation is 4. The summed E-state index contributed by atoms with van der Waals surface area (Å²) in [6.45, 7) is 4.01. The number of hydrogen-bond acceptors (Lipinski definition) is 5. The van der Waals surface area contributed by atoms with E-state index in [4.69, 9.17) is 4.98 Å². The number of thioether (sulfide) groups is 1. The Kier molecular flexibility index (Phi) is 5.29. The van der Waals surface area contributed by atoms with Gasteiger partial charge in [-0.3, -0.25) is 14.2 Å². The molecule has 0 radical (unpaired) electrons. The molecule has 7 heteroatoms. The second-order valence-corrected chi connectivity index (χ2v) is 9.33. The number of thiophene rings is 1. The Hall–Kier alpha value is -2.12. The number of aromatic nitrogens is 2. The topological polar surface area (TPSA) is 64.0 Å². The fourth-order valence-electron chi connectivity index (χ4n) is 3.67. The third-order valence-corrected chi connectivity index (χ3v) is 7.36. The normalized spacial score (nSPS) is 13.5. The van der Waals surface area contributed by atoms with E-state index >= 15 is 0 Å². The second-order valence-electron chi connectivity index (χ2n) is 7.30. The molecule has 0 aliphatic heterocycles. The number of amides is 1. The van der Waals surface area contributed by atoms with E-state index in [1.54, 1.807) is 23.0 Å². The highest BCUT2D eigenvalue weighted by Crippen LogP contribution is 2.34. The van der Waals surface area contributed by atoms with Crippen molar-refractivity contribution in [2.24, 2.45) is 7.05 Å². The lowest BCUT2D eigenvalue weighted by Gasteiger charge is -2.11. The molecular weight excluding hydrogens is 390 g/mol. The summed E-state index contributed by atoms with van der Waals surface area (Å²) in [5.74, 6) is 0.112. The first-order valence-electron chi connectivity index (χ1n) is 9.45. The van der Waals surface area contributed by atoms with Crippen LogP contribution >= 0.6 is 23.1 Å². The summed E-state index contributed by atoms with van der Waals surface area (Å²) < 4.78 is 1.58. The summed E-state index contributed by atoms with van der Waals surface area (Å²) in [7, 11) is 1.74. The molecule has 0 fully saturated rings. The number of fused-ring (bicyclic) bond motifs is 3. The summed E-state index contributed by atoms with van der Waals surface area (Å²) in [6, 6.07) is 5.94. The maximum atomic E-state index is 12.9. The van der Waals surface area contributed by atoms with E-state index in [1.165, 1.54) is 28.6 Å². The Labute approximate surface area is 172 Å². The molecular formula is C21H23N3O2S2. The molecule has 0 bridgehead atoms. The molecule has 0 unspecified atom stereocenters. The lowest BCUT2D eigenvalue weighted by molar-refractivity contribution is -0.113. The Morgan fingerprint density at radius 1 is 1.29 bits per heavy atom. The van der Waals surface area contributed by atoms with Crippen LogP contribution in [0.4, 0.5) is 5.69 Å². The zero-order chi connectivity index (χ0) is 19.8. The van der Waals surface area contributed by atoms with Gasteiger partial charge in [-0.15, -0.1) is 11.3 Å². The smallest absolute Gasteiger partial charge is 0.262 e. The molecule has 1 aromatic carbocycles. The fourth-order valence-corrected chi connectivity index (χ4v) is 5.74. The average molecular weight is 414 g/mol. The molecule has 4 rings (SSSR count). The summed E-state index contributed by atoms with van der Waals surface area (Å²) in [5, 5.41) is 4.32. The Bertz CT molecular complexity index is 1130. The number of rotatable bonds is 4. The maximum absolute atomic E-state index is 12.9. The Morgan fingerprint density at radius 3 is 2.86 bits per heavy atom. The summed E-state index contributed by atoms with van der Waals surface area (Å²) in [4.78, 5) is 32.1. The highest BCUT2D eigenvalue weighted by atomic mass is 32.2. The molecule has 0 atom stereocenters. The summed E-state index contributed by atoms with van der Waals surface area (Å²) >= 11 is 2.94. The van der Waals surface area contributed by atoms with E-state index in [-0.39, 0.29) is 17.2 Å². The second kappa shape index (κ2) is 7.72. The van der Waals surface area contributed by atoms with Crippen LogP contribution in [0, 0.1) is 13.8 Å². The van der Waals surface area contributed by atoms with Crippen molar-refractivity contribution in [2.75, 3.05) is 11.1 Å². The molecule has 2 heterocycles. The number of benzene rings is 1. The molecule has 1 aliphatic rings. The lowest BCUT2D eigenvalue weighted by atomic mass is 9.97. The van der Waals surface area contributed by atoms with Crippen molar-refractivity contribution in [3.8, 4) is 0 Å². The minimum atomic E-state index is -0.100. The number of carbonyl (C=O) groups is 1. The zero-order valence-corrected chi connectivity index (χ0v) is 17.9. The van der Waals surface area contributed by atoms with Gasteiger partial charge >= 0.3 is 0 Å². The average Bonchev–Trinajstić information content (AvgIpc) is 3.04. The van der Waals surface area contributed by atoms with Crippen molar-refractivity contribution in [1.82, 2.24) is 9.55 Å². The van der Waals surface area contributed by atoms with Crippen LogP contribution in [0.1, 0.15) is 34.4 Å². The van der Waals surface area contributed by atoms with E-state index in [1.807, 2.05) is 32.0 Å². The van der Waals surface area contributed by atoms with Crippen molar-refractivity contribution in [1.29, 1.82) is 0 Å². The molecule has 1 aliphatic carbocycles. The molecule has 5 nitrogen and oxygen atoms in total. The Balaban J connectivity index is 1.54. The van der Waals surface area contributed by atoms with Crippen molar-refractivity contribution < 1.29 is 4.79 Å². The monoisotopic (exact) mass is 413 g/mol. The van der Waals surface area contributed by atoms with Crippen LogP contribution in [0.25, 0.3) is 10.2 Å². The number of nitrogens with zero attached hydrogens (tertiary/aromatic N) is 2.